The summed E-state index contributed by atoms with van der Waals surface area (Å²) in [4.78, 5) is 24.3. The molecule has 1 amide bonds. The van der Waals surface area contributed by atoms with Crippen molar-refractivity contribution < 1.29 is 23.8 Å². The maximum atomic E-state index is 12.3. The third-order valence-electron chi connectivity index (χ3n) is 3.33. The first-order valence-corrected chi connectivity index (χ1v) is 7.55. The van der Waals surface area contributed by atoms with E-state index in [1.165, 1.54) is 0 Å². The molecular formula is C18H17NO5. The van der Waals surface area contributed by atoms with E-state index < -0.39 is 5.97 Å². The summed E-state index contributed by atoms with van der Waals surface area (Å²) in [7, 11) is 0. The summed E-state index contributed by atoms with van der Waals surface area (Å²) < 4.78 is 15.6. The molecule has 2 aromatic carbocycles. The standard InChI is InChI=1S/C18H17NO5/c1-11(2)24-18(21)13-4-3-5-14(8-13)19-17(20)12-6-7-15-16(9-12)23-10-22-15/h3-9,11H,10H2,1-2H3,(H,19,20). The first-order valence-electron chi connectivity index (χ1n) is 7.55. The minimum atomic E-state index is -0.427. The number of nitrogens with one attached hydrogen (secondary N) is 1. The van der Waals surface area contributed by atoms with Gasteiger partial charge in [-0.05, 0) is 50.2 Å². The fraction of sp³-hybridized carbons (Fsp3) is 0.222. The van der Waals surface area contributed by atoms with E-state index in [2.05, 4.69) is 5.32 Å². The lowest BCUT2D eigenvalue weighted by atomic mass is 10.1. The summed E-state index contributed by atoms with van der Waals surface area (Å²) in [5.41, 5.74) is 1.33. The number of anilines is 1. The van der Waals surface area contributed by atoms with Crippen molar-refractivity contribution in [3.63, 3.8) is 0 Å². The molecule has 0 radical (unpaired) electrons. The summed E-state index contributed by atoms with van der Waals surface area (Å²) in [6.07, 6.45) is -0.204. The Morgan fingerprint density at radius 3 is 2.62 bits per heavy atom. The van der Waals surface area contributed by atoms with Gasteiger partial charge in [-0.1, -0.05) is 6.07 Å². The molecule has 3 rings (SSSR count). The van der Waals surface area contributed by atoms with Crippen LogP contribution in [-0.2, 0) is 4.74 Å². The molecule has 6 nitrogen and oxygen atoms in total. The number of amides is 1. The van der Waals surface area contributed by atoms with Gasteiger partial charge >= 0.3 is 5.97 Å². The number of fused-ring (bicyclic) bond motifs is 1. The molecule has 2 aromatic rings. The van der Waals surface area contributed by atoms with Gasteiger partial charge in [0.1, 0.15) is 0 Å². The monoisotopic (exact) mass is 327 g/mol. The van der Waals surface area contributed by atoms with Gasteiger partial charge in [-0.15, -0.1) is 0 Å². The second kappa shape index (κ2) is 6.62. The van der Waals surface area contributed by atoms with Gasteiger partial charge in [0.25, 0.3) is 5.91 Å². The second-order valence-corrected chi connectivity index (χ2v) is 5.56. The van der Waals surface area contributed by atoms with E-state index in [-0.39, 0.29) is 18.8 Å². The van der Waals surface area contributed by atoms with Gasteiger partial charge in [-0.25, -0.2) is 4.79 Å². The van der Waals surface area contributed by atoms with E-state index in [1.807, 2.05) is 0 Å². The summed E-state index contributed by atoms with van der Waals surface area (Å²) in [6, 6.07) is 11.6. The molecule has 124 valence electrons. The third kappa shape index (κ3) is 3.48. The van der Waals surface area contributed by atoms with E-state index in [0.29, 0.717) is 28.3 Å². The molecule has 0 saturated heterocycles. The summed E-state index contributed by atoms with van der Waals surface area (Å²) in [5.74, 6) is 0.425. The van der Waals surface area contributed by atoms with Crippen molar-refractivity contribution in [3.8, 4) is 11.5 Å². The van der Waals surface area contributed by atoms with E-state index in [1.54, 1.807) is 56.3 Å². The molecule has 1 aliphatic heterocycles. The number of rotatable bonds is 4. The SMILES string of the molecule is CC(C)OC(=O)c1cccc(NC(=O)c2ccc3c(c2)OCO3)c1. The first kappa shape index (κ1) is 15.9. The minimum Gasteiger partial charge on any atom is -0.459 e. The third-order valence-corrected chi connectivity index (χ3v) is 3.33. The Morgan fingerprint density at radius 1 is 1.04 bits per heavy atom. The molecule has 1 aliphatic rings. The van der Waals surface area contributed by atoms with Gasteiger partial charge in [-0.2, -0.15) is 0 Å². The van der Waals surface area contributed by atoms with Crippen LogP contribution in [-0.4, -0.2) is 24.8 Å². The van der Waals surface area contributed by atoms with E-state index in [4.69, 9.17) is 14.2 Å². The van der Waals surface area contributed by atoms with E-state index in [0.717, 1.165) is 0 Å². The maximum absolute atomic E-state index is 12.3. The smallest absolute Gasteiger partial charge is 0.338 e. The summed E-state index contributed by atoms with van der Waals surface area (Å²) in [5, 5.41) is 2.75. The predicted octanol–water partition coefficient (Wildman–Crippen LogP) is 3.23. The van der Waals surface area contributed by atoms with E-state index >= 15 is 0 Å². The first-order chi connectivity index (χ1) is 11.5. The molecule has 0 saturated carbocycles. The van der Waals surface area contributed by atoms with Crippen LogP contribution in [0.3, 0.4) is 0 Å². The van der Waals surface area contributed by atoms with Crippen LogP contribution in [0, 0.1) is 0 Å². The average Bonchev–Trinajstić information content (AvgIpc) is 3.02. The number of ether oxygens (including phenoxy) is 3. The van der Waals surface area contributed by atoms with Gasteiger partial charge in [0.05, 0.1) is 11.7 Å². The predicted molar refractivity (Wildman–Crippen MR) is 87.5 cm³/mol. The fourth-order valence-electron chi connectivity index (χ4n) is 2.25. The molecule has 0 unspecified atom stereocenters. The average molecular weight is 327 g/mol. The zero-order chi connectivity index (χ0) is 17.1. The Balaban J connectivity index is 1.74. The van der Waals surface area contributed by atoms with Crippen LogP contribution in [0.2, 0.25) is 0 Å². The highest BCUT2D eigenvalue weighted by molar-refractivity contribution is 6.05. The Hall–Kier alpha value is -3.02. The highest BCUT2D eigenvalue weighted by atomic mass is 16.7. The van der Waals surface area contributed by atoms with Gasteiger partial charge in [-0.3, -0.25) is 4.79 Å². The van der Waals surface area contributed by atoms with Crippen LogP contribution < -0.4 is 14.8 Å². The number of benzene rings is 2. The van der Waals surface area contributed by atoms with Crippen LogP contribution in [0.5, 0.6) is 11.5 Å². The molecule has 0 atom stereocenters. The lowest BCUT2D eigenvalue weighted by molar-refractivity contribution is 0.0377. The highest BCUT2D eigenvalue weighted by Crippen LogP contribution is 2.32. The number of carbonyl (C=O) groups excluding carboxylic acids is 2. The molecule has 0 bridgehead atoms. The molecular weight excluding hydrogens is 310 g/mol. The number of carbonyl (C=O) groups is 2. The van der Waals surface area contributed by atoms with Crippen molar-refractivity contribution in [2.75, 3.05) is 12.1 Å². The zero-order valence-corrected chi connectivity index (χ0v) is 13.4. The van der Waals surface area contributed by atoms with Gasteiger partial charge in [0.15, 0.2) is 11.5 Å². The summed E-state index contributed by atoms with van der Waals surface area (Å²) >= 11 is 0. The number of hydrogen-bond donors (Lipinski definition) is 1. The van der Waals surface area contributed by atoms with Crippen molar-refractivity contribution in [2.24, 2.45) is 0 Å². The van der Waals surface area contributed by atoms with Gasteiger partial charge < -0.3 is 19.5 Å². The van der Waals surface area contributed by atoms with Crippen LogP contribution >= 0.6 is 0 Å². The van der Waals surface area contributed by atoms with Crippen LogP contribution in [0.25, 0.3) is 0 Å². The van der Waals surface area contributed by atoms with Crippen LogP contribution in [0.15, 0.2) is 42.5 Å². The lowest BCUT2D eigenvalue weighted by Crippen LogP contribution is -2.14. The molecule has 0 aromatic heterocycles. The van der Waals surface area contributed by atoms with Gasteiger partial charge in [0, 0.05) is 11.3 Å². The zero-order valence-electron chi connectivity index (χ0n) is 13.4. The minimum absolute atomic E-state index is 0.153. The lowest BCUT2D eigenvalue weighted by Gasteiger charge is -2.10. The fourth-order valence-corrected chi connectivity index (χ4v) is 2.25. The van der Waals surface area contributed by atoms with Crippen molar-refractivity contribution in [2.45, 2.75) is 20.0 Å². The Bertz CT molecular complexity index is 785. The largest absolute Gasteiger partial charge is 0.459 e. The molecule has 0 fully saturated rings. The normalized spacial score (nSPS) is 12.1. The van der Waals surface area contributed by atoms with Crippen molar-refractivity contribution >= 4 is 17.6 Å². The van der Waals surface area contributed by atoms with Crippen molar-refractivity contribution in [1.82, 2.24) is 0 Å². The second-order valence-electron chi connectivity index (χ2n) is 5.56. The quantitative estimate of drug-likeness (QED) is 0.873. The van der Waals surface area contributed by atoms with Crippen LogP contribution in [0.1, 0.15) is 34.6 Å². The van der Waals surface area contributed by atoms with Crippen molar-refractivity contribution in [3.05, 3.63) is 53.6 Å². The number of esters is 1. The van der Waals surface area contributed by atoms with Crippen LogP contribution in [0.4, 0.5) is 5.69 Å². The molecule has 1 heterocycles. The molecule has 24 heavy (non-hydrogen) atoms. The molecule has 1 N–H and O–H groups in total. The Morgan fingerprint density at radius 2 is 1.83 bits per heavy atom. The maximum Gasteiger partial charge on any atom is 0.338 e. The Labute approximate surface area is 139 Å². The Kier molecular flexibility index (Phi) is 4.37. The van der Waals surface area contributed by atoms with E-state index in [9.17, 15) is 9.59 Å². The molecule has 6 heteroatoms. The number of hydrogen-bond acceptors (Lipinski definition) is 5. The summed E-state index contributed by atoms with van der Waals surface area (Å²) in [6.45, 7) is 3.72. The topological polar surface area (TPSA) is 73.9 Å². The highest BCUT2D eigenvalue weighted by Gasteiger charge is 2.17. The van der Waals surface area contributed by atoms with Gasteiger partial charge in [0.2, 0.25) is 6.79 Å². The molecule has 0 aliphatic carbocycles. The van der Waals surface area contributed by atoms with Crippen molar-refractivity contribution in [1.29, 1.82) is 0 Å². The molecule has 0 spiro atoms.